The molecule has 4 radical (unpaired) electrons. The number of aliphatic hydroxyl groups is 1. The van der Waals surface area contributed by atoms with Gasteiger partial charge in [0.25, 0.3) is 0 Å². The molecule has 6 nitrogen and oxygen atoms in total. The minimum atomic E-state index is -1.90. The average Bonchev–Trinajstić information content (AvgIpc) is 2.65. The molecule has 8 heteroatoms. The van der Waals surface area contributed by atoms with Crippen molar-refractivity contribution in [3.8, 4) is 0 Å². The minimum absolute atomic E-state index is 0.148. The van der Waals surface area contributed by atoms with E-state index >= 15 is 0 Å². The number of hydrogen-bond donors (Lipinski definition) is 2. The number of ether oxygens (including phenoxy) is 1. The third-order valence-corrected chi connectivity index (χ3v) is 2.67. The fourth-order valence-corrected chi connectivity index (χ4v) is 1.81. The lowest BCUT2D eigenvalue weighted by Crippen LogP contribution is -2.43. The normalized spacial score (nSPS) is 25.0. The fourth-order valence-electron chi connectivity index (χ4n) is 1.81. The first kappa shape index (κ1) is 12.2. The second-order valence-electron chi connectivity index (χ2n) is 4.09. The zero-order valence-corrected chi connectivity index (χ0v) is 9.11. The maximum atomic E-state index is 11.6. The quantitative estimate of drug-likeness (QED) is 0.603. The molecule has 2 atom stereocenters. The molecular weight excluding hydrogens is 220 g/mol. The predicted octanol–water partition coefficient (Wildman–Crippen LogP) is -1.51. The number of aromatic nitrogens is 2. The van der Waals surface area contributed by atoms with E-state index in [0.29, 0.717) is 12.8 Å². The lowest BCUT2D eigenvalue weighted by atomic mass is 9.61. The molecule has 1 fully saturated rings. The number of rotatable bonds is 2. The van der Waals surface area contributed by atoms with Crippen molar-refractivity contribution < 1.29 is 9.84 Å². The van der Waals surface area contributed by atoms with Gasteiger partial charge in [0, 0.05) is 11.6 Å². The maximum Gasteiger partial charge on any atom is 0.351 e. The molecule has 3 N–H and O–H groups in total. The van der Waals surface area contributed by atoms with Gasteiger partial charge in [-0.2, -0.15) is 4.98 Å². The molecular formula is C9H11B2N3O3. The van der Waals surface area contributed by atoms with Crippen molar-refractivity contribution in [3.05, 3.63) is 22.7 Å². The second-order valence-corrected chi connectivity index (χ2v) is 4.09. The van der Waals surface area contributed by atoms with Crippen LogP contribution < -0.4 is 11.4 Å². The van der Waals surface area contributed by atoms with Gasteiger partial charge in [-0.3, -0.25) is 4.57 Å². The average molecular weight is 231 g/mol. The highest BCUT2D eigenvalue weighted by atomic mass is 16.5. The van der Waals surface area contributed by atoms with Gasteiger partial charge in [0.15, 0.2) is 0 Å². The Labute approximate surface area is 101 Å². The lowest BCUT2D eigenvalue weighted by Gasteiger charge is -2.26. The highest BCUT2D eigenvalue weighted by Crippen LogP contribution is 2.30. The summed E-state index contributed by atoms with van der Waals surface area (Å²) in [6, 6.07) is 1.50. The van der Waals surface area contributed by atoms with Crippen LogP contribution in [-0.4, -0.2) is 41.9 Å². The number of hydrogen-bond acceptors (Lipinski definition) is 5. The predicted molar refractivity (Wildman–Crippen MR) is 62.5 cm³/mol. The topological polar surface area (TPSA) is 90.4 Å². The van der Waals surface area contributed by atoms with Crippen LogP contribution in [0.5, 0.6) is 0 Å². The van der Waals surface area contributed by atoms with Crippen LogP contribution in [0.25, 0.3) is 0 Å². The van der Waals surface area contributed by atoms with E-state index in [4.69, 9.17) is 26.2 Å². The summed E-state index contributed by atoms with van der Waals surface area (Å²) < 4.78 is 6.71. The zero-order valence-electron chi connectivity index (χ0n) is 9.11. The monoisotopic (exact) mass is 231 g/mol. The first-order chi connectivity index (χ1) is 7.88. The highest BCUT2D eigenvalue weighted by molar-refractivity contribution is 6.39. The van der Waals surface area contributed by atoms with Crippen molar-refractivity contribution in [3.63, 3.8) is 0 Å². The first-order valence-corrected chi connectivity index (χ1v) is 5.18. The molecule has 2 heterocycles. The Kier molecular flexibility index (Phi) is 3.01. The summed E-state index contributed by atoms with van der Waals surface area (Å²) in [7, 11) is 10.7. The molecule has 0 aliphatic carbocycles. The summed E-state index contributed by atoms with van der Waals surface area (Å²) in [5, 5.41) is 7.50. The Morgan fingerprint density at radius 2 is 2.29 bits per heavy atom. The third-order valence-electron chi connectivity index (χ3n) is 2.67. The molecule has 0 saturated carbocycles. The third kappa shape index (κ3) is 2.53. The fraction of sp³-hybridized carbons (Fsp3) is 0.556. The van der Waals surface area contributed by atoms with E-state index in [1.807, 2.05) is 0 Å². The highest BCUT2D eigenvalue weighted by Gasteiger charge is 2.35. The summed E-state index contributed by atoms with van der Waals surface area (Å²) in [6.45, 7) is 0. The van der Waals surface area contributed by atoms with Gasteiger partial charge >= 0.3 is 5.69 Å². The van der Waals surface area contributed by atoms with Crippen molar-refractivity contribution in [1.82, 2.24) is 9.55 Å². The Morgan fingerprint density at radius 3 is 2.82 bits per heavy atom. The Hall–Kier alpha value is -1.27. The van der Waals surface area contributed by atoms with Crippen LogP contribution >= 0.6 is 0 Å². The molecule has 1 aliphatic heterocycles. The van der Waals surface area contributed by atoms with Crippen molar-refractivity contribution in [2.45, 2.75) is 30.6 Å². The van der Waals surface area contributed by atoms with Crippen molar-refractivity contribution in [2.24, 2.45) is 0 Å². The molecule has 1 aliphatic rings. The van der Waals surface area contributed by atoms with Gasteiger partial charge in [-0.1, -0.05) is 0 Å². The summed E-state index contributed by atoms with van der Waals surface area (Å²) in [6.07, 6.45) is 1.23. The van der Waals surface area contributed by atoms with Crippen LogP contribution in [0.2, 0.25) is 0 Å². The van der Waals surface area contributed by atoms with E-state index in [0.717, 1.165) is 0 Å². The summed E-state index contributed by atoms with van der Waals surface area (Å²) in [5.41, 5.74) is 4.87. The zero-order chi connectivity index (χ0) is 12.6. The second kappa shape index (κ2) is 4.19. The standard InChI is InChI=1S/C9H11B2N3O3/c10-9(11,16)5-1-2-7(17-5)14-4-3-6(12)13-8(14)15/h3-5,7,16H,1-2H2,(H2,12,13,15). The van der Waals surface area contributed by atoms with Crippen LogP contribution in [0.4, 0.5) is 5.82 Å². The van der Waals surface area contributed by atoms with Crippen molar-refractivity contribution >= 4 is 21.5 Å². The molecule has 2 rings (SSSR count). The van der Waals surface area contributed by atoms with Gasteiger partial charge < -0.3 is 15.6 Å². The van der Waals surface area contributed by atoms with Crippen LogP contribution in [-0.2, 0) is 4.74 Å². The molecule has 17 heavy (non-hydrogen) atoms. The number of nitrogens with two attached hydrogens (primary N) is 1. The number of nitrogen functional groups attached to an aromatic ring is 1. The molecule has 0 aromatic carbocycles. The summed E-state index contributed by atoms with van der Waals surface area (Å²) >= 11 is 0. The van der Waals surface area contributed by atoms with Gasteiger partial charge in [-0.25, -0.2) is 4.79 Å². The van der Waals surface area contributed by atoms with Gasteiger partial charge in [0.2, 0.25) is 0 Å². The molecule has 0 amide bonds. The van der Waals surface area contributed by atoms with Crippen LogP contribution in [0.3, 0.4) is 0 Å². The molecule has 2 unspecified atom stereocenters. The summed E-state index contributed by atoms with van der Waals surface area (Å²) in [4.78, 5) is 15.1. The molecule has 86 valence electrons. The van der Waals surface area contributed by atoms with E-state index in [1.165, 1.54) is 16.8 Å². The summed E-state index contributed by atoms with van der Waals surface area (Å²) in [5.74, 6) is 0.148. The number of nitrogens with zero attached hydrogens (tertiary/aromatic N) is 2. The lowest BCUT2D eigenvalue weighted by molar-refractivity contribution is -0.0502. The smallest absolute Gasteiger partial charge is 0.351 e. The van der Waals surface area contributed by atoms with E-state index in [9.17, 15) is 9.90 Å². The van der Waals surface area contributed by atoms with E-state index < -0.39 is 23.4 Å². The molecule has 1 aromatic heterocycles. The van der Waals surface area contributed by atoms with Crippen LogP contribution in [0.1, 0.15) is 19.1 Å². The van der Waals surface area contributed by atoms with Gasteiger partial charge in [0.05, 0.1) is 6.10 Å². The molecule has 0 spiro atoms. The minimum Gasteiger partial charge on any atom is -0.407 e. The maximum absolute atomic E-state index is 11.6. The Balaban J connectivity index is 2.18. The largest absolute Gasteiger partial charge is 0.407 e. The Bertz CT molecular complexity index is 471. The van der Waals surface area contributed by atoms with Gasteiger partial charge in [0.1, 0.15) is 27.7 Å². The molecule has 1 aromatic rings. The number of anilines is 1. The van der Waals surface area contributed by atoms with Crippen molar-refractivity contribution in [1.29, 1.82) is 0 Å². The Morgan fingerprint density at radius 1 is 1.59 bits per heavy atom. The van der Waals surface area contributed by atoms with Crippen molar-refractivity contribution in [2.75, 3.05) is 5.73 Å². The van der Waals surface area contributed by atoms with Crippen LogP contribution in [0, 0.1) is 0 Å². The molecule has 1 saturated heterocycles. The van der Waals surface area contributed by atoms with E-state index in [-0.39, 0.29) is 5.82 Å². The van der Waals surface area contributed by atoms with Gasteiger partial charge in [-0.05, 0) is 18.9 Å². The van der Waals surface area contributed by atoms with Gasteiger partial charge in [-0.15, -0.1) is 0 Å². The first-order valence-electron chi connectivity index (χ1n) is 5.18. The molecule has 0 bridgehead atoms. The van der Waals surface area contributed by atoms with E-state index in [2.05, 4.69) is 4.98 Å². The van der Waals surface area contributed by atoms with Crippen LogP contribution in [0.15, 0.2) is 17.1 Å². The SMILES string of the molecule is [B]C([B])(O)C1CCC(n2ccc(N)nc2=O)O1. The van der Waals surface area contributed by atoms with E-state index in [1.54, 1.807) is 0 Å².